The monoisotopic (exact) mass is 267 g/mol. The van der Waals surface area contributed by atoms with Gasteiger partial charge in [0.05, 0.1) is 11.3 Å². The van der Waals surface area contributed by atoms with Crippen molar-refractivity contribution in [1.82, 2.24) is 14.5 Å². The van der Waals surface area contributed by atoms with Crippen LogP contribution < -0.4 is 5.73 Å². The zero-order valence-corrected chi connectivity index (χ0v) is 10.6. The van der Waals surface area contributed by atoms with Crippen LogP contribution in [-0.4, -0.2) is 14.5 Å². The van der Waals surface area contributed by atoms with Crippen molar-refractivity contribution in [3.05, 3.63) is 47.4 Å². The van der Waals surface area contributed by atoms with E-state index in [0.717, 1.165) is 5.56 Å². The largest absolute Gasteiger partial charge is 0.369 e. The smallest absolute Gasteiger partial charge is 0.207 e. The van der Waals surface area contributed by atoms with Crippen molar-refractivity contribution in [3.8, 4) is 11.8 Å². The van der Waals surface area contributed by atoms with Gasteiger partial charge in [-0.1, -0.05) is 0 Å². The second kappa shape index (κ2) is 4.31. The molecular formula is C14H10FN5. The summed E-state index contributed by atoms with van der Waals surface area (Å²) in [4.78, 5) is 8.53. The number of nitrogen functional groups attached to an aromatic ring is 1. The zero-order chi connectivity index (χ0) is 14.3. The van der Waals surface area contributed by atoms with Crippen LogP contribution in [0, 0.1) is 24.1 Å². The Balaban J connectivity index is 2.33. The highest BCUT2D eigenvalue weighted by molar-refractivity contribution is 5.80. The fraction of sp³-hybridized carbons (Fsp3) is 0.0714. The number of hydrogen-bond donors (Lipinski definition) is 1. The minimum atomic E-state index is -0.566. The van der Waals surface area contributed by atoms with Gasteiger partial charge in [0.15, 0.2) is 5.65 Å². The first-order valence-corrected chi connectivity index (χ1v) is 5.91. The number of rotatable bonds is 1. The van der Waals surface area contributed by atoms with Crippen LogP contribution in [0.2, 0.25) is 0 Å². The average molecular weight is 267 g/mol. The van der Waals surface area contributed by atoms with E-state index in [-0.39, 0.29) is 11.5 Å². The van der Waals surface area contributed by atoms with Crippen molar-refractivity contribution in [2.75, 3.05) is 5.73 Å². The Morgan fingerprint density at radius 1 is 1.35 bits per heavy atom. The number of benzene rings is 1. The molecule has 20 heavy (non-hydrogen) atoms. The van der Waals surface area contributed by atoms with Crippen molar-refractivity contribution < 1.29 is 4.39 Å². The number of pyridine rings is 1. The Bertz CT molecular complexity index is 860. The molecule has 0 saturated heterocycles. The van der Waals surface area contributed by atoms with Gasteiger partial charge in [0, 0.05) is 6.20 Å². The van der Waals surface area contributed by atoms with Crippen molar-refractivity contribution in [2.24, 2.45) is 0 Å². The van der Waals surface area contributed by atoms with E-state index in [1.807, 2.05) is 13.0 Å². The lowest BCUT2D eigenvalue weighted by Crippen LogP contribution is -2.02. The summed E-state index contributed by atoms with van der Waals surface area (Å²) in [6.07, 6.45) is 1.66. The van der Waals surface area contributed by atoms with Gasteiger partial charge < -0.3 is 5.73 Å². The first-order valence-electron chi connectivity index (χ1n) is 5.91. The maximum absolute atomic E-state index is 13.4. The lowest BCUT2D eigenvalue weighted by atomic mass is 10.2. The van der Waals surface area contributed by atoms with Crippen LogP contribution in [0.25, 0.3) is 16.9 Å². The fourth-order valence-corrected chi connectivity index (χ4v) is 2.10. The average Bonchev–Trinajstić information content (AvgIpc) is 2.77. The highest BCUT2D eigenvalue weighted by atomic mass is 19.1. The first-order chi connectivity index (χ1) is 9.61. The molecule has 2 N–H and O–H groups in total. The molecule has 5 nitrogen and oxygen atoms in total. The maximum atomic E-state index is 13.4. The number of nitrogens with zero attached hydrogens (tertiary/aromatic N) is 4. The van der Waals surface area contributed by atoms with E-state index in [4.69, 9.17) is 11.0 Å². The summed E-state index contributed by atoms with van der Waals surface area (Å²) in [5, 5.41) is 8.91. The van der Waals surface area contributed by atoms with Crippen LogP contribution in [0.1, 0.15) is 11.1 Å². The molecule has 0 unspecified atom stereocenters. The van der Waals surface area contributed by atoms with Gasteiger partial charge in [0.2, 0.25) is 5.95 Å². The van der Waals surface area contributed by atoms with Crippen LogP contribution in [-0.2, 0) is 0 Å². The third-order valence-corrected chi connectivity index (χ3v) is 3.10. The third-order valence-electron chi connectivity index (χ3n) is 3.10. The number of halogens is 1. The molecule has 0 amide bonds. The summed E-state index contributed by atoms with van der Waals surface area (Å²) in [5.74, 6) is -0.319. The Morgan fingerprint density at radius 2 is 2.15 bits per heavy atom. The number of imidazole rings is 1. The predicted molar refractivity (Wildman–Crippen MR) is 72.7 cm³/mol. The van der Waals surface area contributed by atoms with E-state index in [9.17, 15) is 4.39 Å². The van der Waals surface area contributed by atoms with Crippen LogP contribution >= 0.6 is 0 Å². The van der Waals surface area contributed by atoms with Crippen molar-refractivity contribution in [3.63, 3.8) is 0 Å². The molecule has 0 fully saturated rings. The second-order valence-electron chi connectivity index (χ2n) is 4.38. The van der Waals surface area contributed by atoms with E-state index in [0.29, 0.717) is 16.9 Å². The topological polar surface area (TPSA) is 80.5 Å². The Kier molecular flexibility index (Phi) is 2.61. The standard InChI is InChI=1S/C14H10FN5/c1-8-4-5-18-13-12(8)19-14(17)20(13)10-2-3-11(15)9(6-10)7-16/h2-6H,1H3,(H2,17,19). The van der Waals surface area contributed by atoms with Crippen molar-refractivity contribution in [1.29, 1.82) is 5.26 Å². The quantitative estimate of drug-likeness (QED) is 0.733. The number of nitriles is 1. The van der Waals surface area contributed by atoms with Gasteiger partial charge in [0.1, 0.15) is 17.4 Å². The lowest BCUT2D eigenvalue weighted by Gasteiger charge is -2.06. The van der Waals surface area contributed by atoms with Crippen LogP contribution in [0.15, 0.2) is 30.5 Å². The molecule has 2 aromatic heterocycles. The van der Waals surface area contributed by atoms with E-state index >= 15 is 0 Å². The summed E-state index contributed by atoms with van der Waals surface area (Å²) in [5.41, 5.74) is 8.65. The fourth-order valence-electron chi connectivity index (χ4n) is 2.10. The van der Waals surface area contributed by atoms with E-state index in [2.05, 4.69) is 9.97 Å². The Morgan fingerprint density at radius 3 is 2.90 bits per heavy atom. The maximum Gasteiger partial charge on any atom is 0.207 e. The molecule has 0 atom stereocenters. The molecule has 0 spiro atoms. The molecule has 0 aliphatic carbocycles. The minimum Gasteiger partial charge on any atom is -0.369 e. The van der Waals surface area contributed by atoms with Crippen LogP contribution in [0.3, 0.4) is 0 Å². The van der Waals surface area contributed by atoms with Gasteiger partial charge in [-0.15, -0.1) is 0 Å². The predicted octanol–water partition coefficient (Wildman–Crippen LogP) is 2.32. The minimum absolute atomic E-state index is 0.0450. The molecular weight excluding hydrogens is 257 g/mol. The van der Waals surface area contributed by atoms with E-state index < -0.39 is 5.82 Å². The molecule has 1 aromatic carbocycles. The van der Waals surface area contributed by atoms with Gasteiger partial charge in [-0.3, -0.25) is 4.57 Å². The summed E-state index contributed by atoms with van der Waals surface area (Å²) in [6, 6.07) is 7.84. The SMILES string of the molecule is Cc1ccnc2c1nc(N)n2-c1ccc(F)c(C#N)c1. The summed E-state index contributed by atoms with van der Waals surface area (Å²) in [7, 11) is 0. The molecule has 98 valence electrons. The number of nitrogens with two attached hydrogens (primary N) is 1. The first kappa shape index (κ1) is 12.1. The van der Waals surface area contributed by atoms with Gasteiger partial charge >= 0.3 is 0 Å². The molecule has 2 heterocycles. The highest BCUT2D eigenvalue weighted by Crippen LogP contribution is 2.24. The number of aryl methyl sites for hydroxylation is 1. The van der Waals surface area contributed by atoms with Gasteiger partial charge in [-0.05, 0) is 36.8 Å². The Hall–Kier alpha value is -2.94. The summed E-state index contributed by atoms with van der Waals surface area (Å²) < 4.78 is 15.0. The number of hydrogen-bond acceptors (Lipinski definition) is 4. The number of aromatic nitrogens is 3. The van der Waals surface area contributed by atoms with Gasteiger partial charge in [-0.2, -0.15) is 5.26 Å². The molecule has 0 aliphatic rings. The highest BCUT2D eigenvalue weighted by Gasteiger charge is 2.14. The van der Waals surface area contributed by atoms with E-state index in [1.165, 1.54) is 18.2 Å². The normalized spacial score (nSPS) is 10.7. The zero-order valence-electron chi connectivity index (χ0n) is 10.6. The lowest BCUT2D eigenvalue weighted by molar-refractivity contribution is 0.623. The Labute approximate surface area is 114 Å². The summed E-state index contributed by atoms with van der Waals surface area (Å²) >= 11 is 0. The number of fused-ring (bicyclic) bond motifs is 1. The molecule has 6 heteroatoms. The molecule has 3 rings (SSSR count). The van der Waals surface area contributed by atoms with Crippen molar-refractivity contribution in [2.45, 2.75) is 6.92 Å². The van der Waals surface area contributed by atoms with E-state index in [1.54, 1.807) is 16.8 Å². The molecule has 0 aliphatic heterocycles. The molecule has 0 radical (unpaired) electrons. The number of anilines is 1. The molecule has 3 aromatic rings. The summed E-state index contributed by atoms with van der Waals surface area (Å²) in [6.45, 7) is 1.91. The second-order valence-corrected chi connectivity index (χ2v) is 4.38. The third kappa shape index (κ3) is 1.68. The van der Waals surface area contributed by atoms with Gasteiger partial charge in [-0.25, -0.2) is 14.4 Å². The van der Waals surface area contributed by atoms with Crippen molar-refractivity contribution >= 4 is 17.1 Å². The van der Waals surface area contributed by atoms with Crippen LogP contribution in [0.5, 0.6) is 0 Å². The van der Waals surface area contributed by atoms with Gasteiger partial charge in [0.25, 0.3) is 0 Å². The molecule has 0 bridgehead atoms. The van der Waals surface area contributed by atoms with Crippen LogP contribution in [0.4, 0.5) is 10.3 Å². The molecule has 0 saturated carbocycles.